The Bertz CT molecular complexity index is 900. The van der Waals surface area contributed by atoms with Crippen LogP contribution in [0, 0.1) is 0 Å². The van der Waals surface area contributed by atoms with Crippen molar-refractivity contribution in [3.05, 3.63) is 52.6 Å². The van der Waals surface area contributed by atoms with E-state index in [0.717, 1.165) is 47.7 Å². The summed E-state index contributed by atoms with van der Waals surface area (Å²) >= 11 is 1.65. The third-order valence-electron chi connectivity index (χ3n) is 5.01. The van der Waals surface area contributed by atoms with Gasteiger partial charge in [-0.2, -0.15) is 0 Å². The Morgan fingerprint density at radius 1 is 1.31 bits per heavy atom. The Kier molecular flexibility index (Phi) is 4.68. The van der Waals surface area contributed by atoms with Gasteiger partial charge in [0.25, 0.3) is 0 Å². The van der Waals surface area contributed by atoms with Crippen LogP contribution in [0.3, 0.4) is 0 Å². The highest BCUT2D eigenvalue weighted by Crippen LogP contribution is 2.32. The first-order chi connectivity index (χ1) is 12.6. The fraction of sp³-hybridized carbons (Fsp3) is 0.400. The quantitative estimate of drug-likeness (QED) is 0.704. The lowest BCUT2D eigenvalue weighted by molar-refractivity contribution is -0.134. The van der Waals surface area contributed by atoms with Gasteiger partial charge in [-0.15, -0.1) is 11.3 Å². The van der Waals surface area contributed by atoms with Crippen molar-refractivity contribution in [1.82, 2.24) is 14.3 Å². The average molecular weight is 369 g/mol. The Morgan fingerprint density at radius 3 is 2.96 bits per heavy atom. The van der Waals surface area contributed by atoms with Gasteiger partial charge in [0.15, 0.2) is 5.82 Å². The smallest absolute Gasteiger partial charge is 0.228 e. The van der Waals surface area contributed by atoms with Crippen LogP contribution in [0.25, 0.3) is 5.52 Å². The number of anilines is 1. The highest BCUT2D eigenvalue weighted by Gasteiger charge is 2.30. The fourth-order valence-electron chi connectivity index (χ4n) is 3.74. The largest absolute Gasteiger partial charge is 0.361 e. The molecule has 3 aromatic rings. The van der Waals surface area contributed by atoms with Gasteiger partial charge in [0.1, 0.15) is 0 Å². The molecule has 5 nitrogen and oxygen atoms in total. The molecule has 0 saturated carbocycles. The molecule has 1 saturated heterocycles. The van der Waals surface area contributed by atoms with Crippen LogP contribution in [0.15, 0.2) is 42.0 Å². The minimum Gasteiger partial charge on any atom is -0.361 e. The average Bonchev–Trinajstić information content (AvgIpc) is 3.32. The van der Waals surface area contributed by atoms with Gasteiger partial charge in [0.2, 0.25) is 5.91 Å². The summed E-state index contributed by atoms with van der Waals surface area (Å²) in [6, 6.07) is 8.21. The van der Waals surface area contributed by atoms with E-state index in [4.69, 9.17) is 4.98 Å². The molecule has 0 N–H and O–H groups in total. The van der Waals surface area contributed by atoms with Crippen molar-refractivity contribution in [3.8, 4) is 0 Å². The molecule has 0 aliphatic carbocycles. The zero-order valence-corrected chi connectivity index (χ0v) is 16.1. The molecular formula is C20H24N4OS. The standard InChI is InChI=1S/C20H24N4OS/c1-22(2)20-18-9-5-10-23(18)14-16(21-20)17-8-3-4-11-24(17)19(25)13-15-7-6-12-26-15/h5-7,9-10,12,14,17H,3-4,8,11,13H2,1-2H3/t17-/m0/s1. The van der Waals surface area contributed by atoms with Gasteiger partial charge in [0.05, 0.1) is 23.7 Å². The zero-order chi connectivity index (χ0) is 18.1. The van der Waals surface area contributed by atoms with Crippen LogP contribution < -0.4 is 4.90 Å². The summed E-state index contributed by atoms with van der Waals surface area (Å²) < 4.78 is 2.12. The van der Waals surface area contributed by atoms with Crippen LogP contribution in [0.2, 0.25) is 0 Å². The minimum absolute atomic E-state index is 0.0571. The topological polar surface area (TPSA) is 40.9 Å². The second kappa shape index (κ2) is 7.11. The van der Waals surface area contributed by atoms with Gasteiger partial charge in [-0.1, -0.05) is 6.07 Å². The summed E-state index contributed by atoms with van der Waals surface area (Å²) in [5.41, 5.74) is 2.07. The summed E-state index contributed by atoms with van der Waals surface area (Å²) in [5, 5.41) is 2.03. The lowest BCUT2D eigenvalue weighted by Crippen LogP contribution is -2.39. The number of hydrogen-bond acceptors (Lipinski definition) is 4. The summed E-state index contributed by atoms with van der Waals surface area (Å²) in [5.74, 6) is 1.15. The maximum Gasteiger partial charge on any atom is 0.228 e. The van der Waals surface area contributed by atoms with Gasteiger partial charge in [-0.05, 0) is 42.8 Å². The van der Waals surface area contributed by atoms with E-state index in [0.29, 0.717) is 6.42 Å². The predicted molar refractivity (Wildman–Crippen MR) is 106 cm³/mol. The first-order valence-electron chi connectivity index (χ1n) is 9.10. The van der Waals surface area contributed by atoms with E-state index in [-0.39, 0.29) is 11.9 Å². The van der Waals surface area contributed by atoms with Crippen LogP contribution in [0.5, 0.6) is 0 Å². The summed E-state index contributed by atoms with van der Waals surface area (Å²) in [6.07, 6.45) is 7.80. The van der Waals surface area contributed by atoms with Gasteiger partial charge in [0, 0.05) is 37.9 Å². The number of nitrogens with zero attached hydrogens (tertiary/aromatic N) is 4. The minimum atomic E-state index is 0.0571. The molecule has 6 heteroatoms. The maximum atomic E-state index is 13.0. The van der Waals surface area contributed by atoms with Crippen LogP contribution in [0.4, 0.5) is 5.82 Å². The zero-order valence-electron chi connectivity index (χ0n) is 15.3. The summed E-state index contributed by atoms with van der Waals surface area (Å²) in [6.45, 7) is 0.817. The lowest BCUT2D eigenvalue weighted by Gasteiger charge is -2.36. The summed E-state index contributed by atoms with van der Waals surface area (Å²) in [7, 11) is 4.03. The molecule has 0 radical (unpaired) electrons. The van der Waals surface area contributed by atoms with E-state index in [1.165, 1.54) is 0 Å². The number of likely N-dealkylation sites (tertiary alicyclic amines) is 1. The molecule has 0 unspecified atom stereocenters. The first kappa shape index (κ1) is 17.1. The van der Waals surface area contributed by atoms with Crippen molar-refractivity contribution in [2.75, 3.05) is 25.5 Å². The Morgan fingerprint density at radius 2 is 2.19 bits per heavy atom. The van der Waals surface area contributed by atoms with Crippen LogP contribution in [-0.2, 0) is 11.2 Å². The SMILES string of the molecule is CN(C)c1nc([C@@H]2CCCCN2C(=O)Cc2cccs2)cn2cccc12. The molecule has 1 amide bonds. The van der Waals surface area contributed by atoms with Crippen LogP contribution >= 0.6 is 11.3 Å². The Hall–Kier alpha value is -2.34. The molecule has 1 atom stereocenters. The van der Waals surface area contributed by atoms with Crippen molar-refractivity contribution >= 4 is 28.6 Å². The van der Waals surface area contributed by atoms with Gasteiger partial charge in [-0.3, -0.25) is 4.79 Å². The highest BCUT2D eigenvalue weighted by molar-refractivity contribution is 7.10. The second-order valence-electron chi connectivity index (χ2n) is 7.04. The molecule has 0 spiro atoms. The second-order valence-corrected chi connectivity index (χ2v) is 8.07. The number of amides is 1. The van der Waals surface area contributed by atoms with Crippen molar-refractivity contribution < 1.29 is 4.79 Å². The molecule has 3 aromatic heterocycles. The maximum absolute atomic E-state index is 13.0. The number of aromatic nitrogens is 2. The molecule has 136 valence electrons. The van der Waals surface area contributed by atoms with E-state index in [2.05, 4.69) is 16.7 Å². The number of carbonyl (C=O) groups is 1. The lowest BCUT2D eigenvalue weighted by atomic mass is 9.99. The van der Waals surface area contributed by atoms with Crippen molar-refractivity contribution in [2.45, 2.75) is 31.7 Å². The molecule has 0 aromatic carbocycles. The van der Waals surface area contributed by atoms with E-state index in [1.807, 2.05) is 53.7 Å². The molecule has 26 heavy (non-hydrogen) atoms. The monoisotopic (exact) mass is 368 g/mol. The van der Waals surface area contributed by atoms with E-state index >= 15 is 0 Å². The van der Waals surface area contributed by atoms with E-state index in [9.17, 15) is 4.79 Å². The molecule has 0 bridgehead atoms. The Labute approximate surface area is 157 Å². The number of piperidine rings is 1. The predicted octanol–water partition coefficient (Wildman–Crippen LogP) is 3.76. The van der Waals surface area contributed by atoms with E-state index < -0.39 is 0 Å². The molecular weight excluding hydrogens is 344 g/mol. The van der Waals surface area contributed by atoms with Crippen molar-refractivity contribution in [2.24, 2.45) is 0 Å². The molecule has 1 fully saturated rings. The third kappa shape index (κ3) is 3.21. The number of hydrogen-bond donors (Lipinski definition) is 0. The van der Waals surface area contributed by atoms with Gasteiger partial charge >= 0.3 is 0 Å². The molecule has 4 heterocycles. The fourth-order valence-corrected chi connectivity index (χ4v) is 4.43. The Balaban J connectivity index is 1.67. The number of fused-ring (bicyclic) bond motifs is 1. The van der Waals surface area contributed by atoms with E-state index in [1.54, 1.807) is 11.3 Å². The van der Waals surface area contributed by atoms with Gasteiger partial charge in [-0.25, -0.2) is 4.98 Å². The normalized spacial score (nSPS) is 17.6. The summed E-state index contributed by atoms with van der Waals surface area (Å²) in [4.78, 5) is 23.1. The number of thiophene rings is 1. The van der Waals surface area contributed by atoms with Gasteiger partial charge < -0.3 is 14.2 Å². The first-order valence-corrected chi connectivity index (χ1v) is 9.98. The number of carbonyl (C=O) groups excluding carboxylic acids is 1. The van der Waals surface area contributed by atoms with Crippen molar-refractivity contribution in [3.63, 3.8) is 0 Å². The molecule has 1 aliphatic rings. The van der Waals surface area contributed by atoms with Crippen LogP contribution in [-0.4, -0.2) is 40.8 Å². The van der Waals surface area contributed by atoms with Crippen LogP contribution in [0.1, 0.15) is 35.9 Å². The molecule has 4 rings (SSSR count). The number of rotatable bonds is 4. The highest BCUT2D eigenvalue weighted by atomic mass is 32.1. The molecule has 1 aliphatic heterocycles. The third-order valence-corrected chi connectivity index (χ3v) is 5.88. The van der Waals surface area contributed by atoms with Crippen molar-refractivity contribution in [1.29, 1.82) is 0 Å².